The summed E-state index contributed by atoms with van der Waals surface area (Å²) in [6, 6.07) is 7.97. The molecule has 1 N–H and O–H groups in total. The molecule has 1 aromatic heterocycles. The Hall–Kier alpha value is -2.63. The second kappa shape index (κ2) is 9.47. The van der Waals surface area contributed by atoms with E-state index in [-0.39, 0.29) is 5.91 Å². The lowest BCUT2D eigenvalue weighted by atomic mass is 9.69. The van der Waals surface area contributed by atoms with Gasteiger partial charge in [-0.25, -0.2) is 9.97 Å². The summed E-state index contributed by atoms with van der Waals surface area (Å²) < 4.78 is 5.28. The van der Waals surface area contributed by atoms with Crippen molar-refractivity contribution in [2.45, 2.75) is 71.4 Å². The van der Waals surface area contributed by atoms with E-state index in [9.17, 15) is 4.79 Å². The summed E-state index contributed by atoms with van der Waals surface area (Å²) in [7, 11) is 1.67. The number of aromatic nitrogens is 2. The number of carbonyl (C=O) groups is 1. The molecule has 1 aromatic carbocycles. The Kier molecular flexibility index (Phi) is 6.68. The Morgan fingerprint density at radius 2 is 2.00 bits per heavy atom. The van der Waals surface area contributed by atoms with Crippen LogP contribution in [-0.2, 0) is 23.3 Å². The number of carbonyl (C=O) groups excluding carboxylic acids is 1. The van der Waals surface area contributed by atoms with Gasteiger partial charge in [0.05, 0.1) is 18.2 Å². The number of nitrogens with one attached hydrogen (secondary N) is 1. The zero-order valence-corrected chi connectivity index (χ0v) is 19.9. The molecule has 0 saturated heterocycles. The summed E-state index contributed by atoms with van der Waals surface area (Å²) in [5.41, 5.74) is 2.52. The average Bonchev–Trinajstić information content (AvgIpc) is 3.61. The number of amides is 1. The Labute approximate surface area is 191 Å². The molecule has 1 saturated carbocycles. The topological polar surface area (TPSA) is 67.4 Å². The Bertz CT molecular complexity index is 939. The van der Waals surface area contributed by atoms with Crippen LogP contribution in [0.25, 0.3) is 0 Å². The molecular formula is C26H36N4O2. The fraction of sp³-hybridized carbons (Fsp3) is 0.577. The van der Waals surface area contributed by atoms with Gasteiger partial charge in [-0.3, -0.25) is 4.79 Å². The zero-order valence-electron chi connectivity index (χ0n) is 19.9. The molecule has 1 aliphatic carbocycles. The molecule has 6 nitrogen and oxygen atoms in total. The molecule has 6 heteroatoms. The van der Waals surface area contributed by atoms with Crippen LogP contribution in [0.5, 0.6) is 5.75 Å². The molecule has 2 aromatic rings. The number of methoxy groups -OCH3 is 1. The van der Waals surface area contributed by atoms with Crippen LogP contribution in [0, 0.1) is 11.8 Å². The van der Waals surface area contributed by atoms with Crippen LogP contribution in [-0.4, -0.2) is 34.4 Å². The minimum absolute atomic E-state index is 0.197. The molecule has 0 radical (unpaired) electrons. The van der Waals surface area contributed by atoms with E-state index in [2.05, 4.69) is 31.1 Å². The minimum Gasteiger partial charge on any atom is -0.497 e. The van der Waals surface area contributed by atoms with Gasteiger partial charge in [0.1, 0.15) is 5.75 Å². The van der Waals surface area contributed by atoms with Crippen molar-refractivity contribution < 1.29 is 9.53 Å². The van der Waals surface area contributed by atoms with Crippen molar-refractivity contribution >= 4 is 11.9 Å². The molecular weight excluding hydrogens is 400 g/mol. The third kappa shape index (κ3) is 4.74. The monoisotopic (exact) mass is 436 g/mol. The first-order valence-electron chi connectivity index (χ1n) is 12.0. The zero-order chi connectivity index (χ0) is 22.7. The smallest absolute Gasteiger partial charge is 0.235 e. The number of fused-ring (bicyclic) bond motifs is 1. The van der Waals surface area contributed by atoms with Gasteiger partial charge in [0.25, 0.3) is 0 Å². The maximum absolute atomic E-state index is 14.1. The van der Waals surface area contributed by atoms with E-state index in [4.69, 9.17) is 9.72 Å². The highest BCUT2D eigenvalue weighted by Gasteiger charge is 2.48. The second-order valence-electron chi connectivity index (χ2n) is 9.83. The van der Waals surface area contributed by atoms with Crippen molar-refractivity contribution in [2.24, 2.45) is 11.8 Å². The van der Waals surface area contributed by atoms with Gasteiger partial charge in [0, 0.05) is 31.4 Å². The van der Waals surface area contributed by atoms with Crippen LogP contribution in [0.4, 0.5) is 5.95 Å². The first kappa shape index (κ1) is 22.6. The van der Waals surface area contributed by atoms with Gasteiger partial charge in [0.15, 0.2) is 0 Å². The molecule has 4 rings (SSSR count). The molecule has 0 spiro atoms. The highest BCUT2D eigenvalue weighted by molar-refractivity contribution is 5.89. The van der Waals surface area contributed by atoms with Crippen molar-refractivity contribution in [2.75, 3.05) is 19.0 Å². The molecule has 1 fully saturated rings. The third-order valence-electron chi connectivity index (χ3n) is 6.59. The highest BCUT2D eigenvalue weighted by Crippen LogP contribution is 2.43. The van der Waals surface area contributed by atoms with E-state index in [1.54, 1.807) is 7.11 Å². The van der Waals surface area contributed by atoms with Gasteiger partial charge in [-0.1, -0.05) is 39.3 Å². The molecule has 172 valence electrons. The number of anilines is 1. The van der Waals surface area contributed by atoms with Gasteiger partial charge < -0.3 is 15.0 Å². The van der Waals surface area contributed by atoms with Gasteiger partial charge in [-0.05, 0) is 55.2 Å². The van der Waals surface area contributed by atoms with Gasteiger partial charge in [-0.2, -0.15) is 0 Å². The van der Waals surface area contributed by atoms with E-state index in [1.807, 2.05) is 35.4 Å². The third-order valence-corrected chi connectivity index (χ3v) is 6.59. The van der Waals surface area contributed by atoms with E-state index in [1.165, 1.54) is 12.8 Å². The number of benzene rings is 1. The molecule has 1 amide bonds. The number of ether oxygens (including phenoxy) is 1. The van der Waals surface area contributed by atoms with Gasteiger partial charge in [0.2, 0.25) is 11.9 Å². The Morgan fingerprint density at radius 3 is 2.62 bits per heavy atom. The van der Waals surface area contributed by atoms with E-state index in [0.29, 0.717) is 25.0 Å². The Morgan fingerprint density at radius 1 is 1.25 bits per heavy atom. The standard InChI is InChI=1S/C26H36N4O2/c1-5-12-26(13-18(2)3)23-21(15-28-25(29-23)27-14-19-6-7-19)17-30(24(26)31)16-20-8-10-22(32-4)11-9-20/h8-11,15,18-19H,5-7,12-14,16-17H2,1-4H3,(H,27,28,29). The van der Waals surface area contributed by atoms with Crippen LogP contribution in [0.15, 0.2) is 30.5 Å². The van der Waals surface area contributed by atoms with Gasteiger partial charge >= 0.3 is 0 Å². The number of hydrogen-bond donors (Lipinski definition) is 1. The van der Waals surface area contributed by atoms with E-state index >= 15 is 0 Å². The van der Waals surface area contributed by atoms with Gasteiger partial charge in [-0.15, -0.1) is 0 Å². The average molecular weight is 437 g/mol. The van der Waals surface area contributed by atoms with E-state index in [0.717, 1.165) is 54.3 Å². The van der Waals surface area contributed by atoms with E-state index < -0.39 is 5.41 Å². The normalized spacial score (nSPS) is 20.4. The molecule has 1 aliphatic heterocycles. The molecule has 32 heavy (non-hydrogen) atoms. The van der Waals surface area contributed by atoms with Crippen LogP contribution in [0.1, 0.15) is 69.7 Å². The predicted octanol–water partition coefficient (Wildman–Crippen LogP) is 4.93. The number of hydrogen-bond acceptors (Lipinski definition) is 5. The predicted molar refractivity (Wildman–Crippen MR) is 127 cm³/mol. The van der Waals surface area contributed by atoms with Crippen molar-refractivity contribution in [1.29, 1.82) is 0 Å². The lowest BCUT2D eigenvalue weighted by Crippen LogP contribution is -2.52. The maximum atomic E-state index is 14.1. The number of rotatable bonds is 10. The summed E-state index contributed by atoms with van der Waals surface area (Å²) in [6.07, 6.45) is 7.03. The van der Waals surface area contributed by atoms with Crippen molar-refractivity contribution in [1.82, 2.24) is 14.9 Å². The molecule has 2 aliphatic rings. The van der Waals surface area contributed by atoms with Crippen molar-refractivity contribution in [3.8, 4) is 5.75 Å². The van der Waals surface area contributed by atoms with Crippen LogP contribution in [0.2, 0.25) is 0 Å². The lowest BCUT2D eigenvalue weighted by molar-refractivity contribution is -0.141. The summed E-state index contributed by atoms with van der Waals surface area (Å²) in [6.45, 7) is 8.59. The SMILES string of the molecule is CCCC1(CC(C)C)C(=O)N(Cc2ccc(OC)cc2)Cc2cnc(NCC3CC3)nc21. The fourth-order valence-electron chi connectivity index (χ4n) is 4.98. The second-order valence-corrected chi connectivity index (χ2v) is 9.83. The molecule has 0 bridgehead atoms. The summed E-state index contributed by atoms with van der Waals surface area (Å²) >= 11 is 0. The summed E-state index contributed by atoms with van der Waals surface area (Å²) in [5.74, 6) is 2.81. The first-order valence-corrected chi connectivity index (χ1v) is 12.0. The quantitative estimate of drug-likeness (QED) is 0.572. The van der Waals surface area contributed by atoms with Crippen LogP contribution < -0.4 is 10.1 Å². The maximum Gasteiger partial charge on any atom is 0.235 e. The van der Waals surface area contributed by atoms with Crippen molar-refractivity contribution in [3.63, 3.8) is 0 Å². The largest absolute Gasteiger partial charge is 0.497 e. The Balaban J connectivity index is 1.68. The molecule has 1 unspecified atom stereocenters. The van der Waals surface area contributed by atoms with Crippen molar-refractivity contribution in [3.05, 3.63) is 47.3 Å². The van der Waals surface area contributed by atoms with Crippen LogP contribution >= 0.6 is 0 Å². The molecule has 1 atom stereocenters. The molecule has 2 heterocycles. The number of nitrogens with zero attached hydrogens (tertiary/aromatic N) is 3. The lowest BCUT2D eigenvalue weighted by Gasteiger charge is -2.43. The van der Waals surface area contributed by atoms with Crippen LogP contribution in [0.3, 0.4) is 0 Å². The summed E-state index contributed by atoms with van der Waals surface area (Å²) in [4.78, 5) is 25.6. The highest BCUT2D eigenvalue weighted by atomic mass is 16.5. The fourth-order valence-corrected chi connectivity index (χ4v) is 4.98. The first-order chi connectivity index (χ1) is 15.4. The minimum atomic E-state index is -0.595. The summed E-state index contributed by atoms with van der Waals surface area (Å²) in [5, 5.41) is 3.41.